The van der Waals surface area contributed by atoms with Crippen molar-refractivity contribution in [1.82, 2.24) is 0 Å². The van der Waals surface area contributed by atoms with Crippen molar-refractivity contribution < 1.29 is 8.42 Å². The molecule has 0 aliphatic heterocycles. The summed E-state index contributed by atoms with van der Waals surface area (Å²) in [7, 11) is -3.32. The van der Waals surface area contributed by atoms with Crippen molar-refractivity contribution >= 4 is 27.1 Å². The Balaban J connectivity index is 2.30. The van der Waals surface area contributed by atoms with Crippen LogP contribution in [0, 0.1) is 5.92 Å². The van der Waals surface area contributed by atoms with Crippen LogP contribution in [0.25, 0.3) is 0 Å². The van der Waals surface area contributed by atoms with Crippen LogP contribution in [0.15, 0.2) is 23.1 Å². The first kappa shape index (κ1) is 13.7. The Morgan fingerprint density at radius 1 is 1.22 bits per heavy atom. The molecule has 0 atom stereocenters. The monoisotopic (exact) mass is 287 g/mol. The Hall–Kier alpha value is -0.740. The average molecular weight is 288 g/mol. The molecule has 0 spiro atoms. The first-order valence-electron chi connectivity index (χ1n) is 6.20. The second-order valence-corrected chi connectivity index (χ2v) is 7.72. The Kier molecular flexibility index (Phi) is 3.87. The van der Waals surface area contributed by atoms with Gasteiger partial charge in [0.05, 0.1) is 15.2 Å². The maximum atomic E-state index is 12.5. The van der Waals surface area contributed by atoms with Gasteiger partial charge in [-0.15, -0.1) is 0 Å². The van der Waals surface area contributed by atoms with Crippen LogP contribution in [0.3, 0.4) is 0 Å². The third-order valence-electron chi connectivity index (χ3n) is 3.66. The number of hydrogen-bond acceptors (Lipinski definition) is 3. The molecule has 0 amide bonds. The topological polar surface area (TPSA) is 60.2 Å². The quantitative estimate of drug-likeness (QED) is 0.849. The minimum absolute atomic E-state index is 0.220. The lowest BCUT2D eigenvalue weighted by Gasteiger charge is -2.26. The van der Waals surface area contributed by atoms with Gasteiger partial charge in [-0.1, -0.05) is 18.5 Å². The van der Waals surface area contributed by atoms with Crippen LogP contribution in [-0.2, 0) is 9.84 Å². The predicted molar refractivity (Wildman–Crippen MR) is 74.5 cm³/mol. The minimum atomic E-state index is -3.32. The molecule has 1 aliphatic carbocycles. The summed E-state index contributed by atoms with van der Waals surface area (Å²) in [6.45, 7) is 2.17. The van der Waals surface area contributed by atoms with Crippen LogP contribution in [0.1, 0.15) is 32.6 Å². The standard InChI is InChI=1S/C13H18ClNO2S/c1-9-2-5-11(6-3-9)18(16,17)13-7-4-10(15)8-12(13)14/h4,7-9,11H,2-3,5-6,15H2,1H3. The van der Waals surface area contributed by atoms with Crippen LogP contribution in [0.4, 0.5) is 5.69 Å². The normalized spacial score (nSPS) is 25.0. The summed E-state index contributed by atoms with van der Waals surface area (Å²) in [6, 6.07) is 4.61. The largest absolute Gasteiger partial charge is 0.399 e. The SMILES string of the molecule is CC1CCC(S(=O)(=O)c2ccc(N)cc2Cl)CC1. The highest BCUT2D eigenvalue weighted by Gasteiger charge is 2.32. The van der Waals surface area contributed by atoms with Crippen molar-refractivity contribution in [3.8, 4) is 0 Å². The van der Waals surface area contributed by atoms with Gasteiger partial charge in [-0.05, 0) is 49.8 Å². The maximum absolute atomic E-state index is 12.5. The molecule has 1 aliphatic rings. The number of anilines is 1. The number of nitrogens with two attached hydrogens (primary N) is 1. The van der Waals surface area contributed by atoms with Crippen LogP contribution < -0.4 is 5.73 Å². The van der Waals surface area contributed by atoms with Crippen LogP contribution in [0.2, 0.25) is 5.02 Å². The molecular weight excluding hydrogens is 270 g/mol. The second-order valence-electron chi connectivity index (χ2n) is 5.12. The molecule has 1 fully saturated rings. The number of nitrogen functional groups attached to an aromatic ring is 1. The smallest absolute Gasteiger partial charge is 0.182 e. The summed E-state index contributed by atoms with van der Waals surface area (Å²) < 4.78 is 25.0. The molecule has 0 heterocycles. The van der Waals surface area contributed by atoms with Crippen LogP contribution in [0.5, 0.6) is 0 Å². The van der Waals surface area contributed by atoms with Crippen LogP contribution in [-0.4, -0.2) is 13.7 Å². The molecule has 5 heteroatoms. The van der Waals surface area contributed by atoms with Crippen molar-refractivity contribution in [3.63, 3.8) is 0 Å². The summed E-state index contributed by atoms with van der Waals surface area (Å²) in [4.78, 5) is 0.220. The molecule has 2 N–H and O–H groups in total. The van der Waals surface area contributed by atoms with E-state index in [1.165, 1.54) is 12.1 Å². The molecule has 0 unspecified atom stereocenters. The van der Waals surface area contributed by atoms with Gasteiger partial charge in [0.2, 0.25) is 0 Å². The van der Waals surface area contributed by atoms with Crippen LogP contribution >= 0.6 is 11.6 Å². The summed E-state index contributed by atoms with van der Waals surface area (Å²) in [6.07, 6.45) is 3.39. The Labute approximate surface area is 113 Å². The van der Waals surface area contributed by atoms with Gasteiger partial charge in [-0.2, -0.15) is 0 Å². The van der Waals surface area contributed by atoms with Crippen molar-refractivity contribution in [2.24, 2.45) is 5.92 Å². The van der Waals surface area contributed by atoms with Crippen molar-refractivity contribution in [1.29, 1.82) is 0 Å². The summed E-state index contributed by atoms with van der Waals surface area (Å²) in [5, 5.41) is -0.0663. The number of rotatable bonds is 2. The highest BCUT2D eigenvalue weighted by Crippen LogP contribution is 2.34. The number of halogens is 1. The minimum Gasteiger partial charge on any atom is -0.399 e. The highest BCUT2D eigenvalue weighted by molar-refractivity contribution is 7.92. The number of hydrogen-bond donors (Lipinski definition) is 1. The Bertz CT molecular complexity index is 534. The van der Waals surface area contributed by atoms with Gasteiger partial charge in [0.15, 0.2) is 9.84 Å². The molecule has 2 rings (SSSR count). The fraction of sp³-hybridized carbons (Fsp3) is 0.538. The fourth-order valence-corrected chi connectivity index (χ4v) is 4.82. The first-order chi connectivity index (χ1) is 8.41. The molecule has 0 bridgehead atoms. The Morgan fingerprint density at radius 3 is 2.39 bits per heavy atom. The number of benzene rings is 1. The second kappa shape index (κ2) is 5.10. The van der Waals surface area contributed by atoms with Crippen molar-refractivity contribution in [2.45, 2.75) is 42.8 Å². The lowest BCUT2D eigenvalue weighted by atomic mass is 9.91. The molecule has 0 radical (unpaired) electrons. The third kappa shape index (κ3) is 2.64. The zero-order valence-electron chi connectivity index (χ0n) is 10.4. The Morgan fingerprint density at radius 2 is 1.83 bits per heavy atom. The van der Waals surface area contributed by atoms with Crippen molar-refractivity contribution in [3.05, 3.63) is 23.2 Å². The number of sulfone groups is 1. The van der Waals surface area contributed by atoms with E-state index in [4.69, 9.17) is 17.3 Å². The van der Waals surface area contributed by atoms with Gasteiger partial charge in [-0.3, -0.25) is 0 Å². The van der Waals surface area contributed by atoms with Gasteiger partial charge in [0, 0.05) is 5.69 Å². The van der Waals surface area contributed by atoms with E-state index < -0.39 is 9.84 Å². The van der Waals surface area contributed by atoms with Gasteiger partial charge >= 0.3 is 0 Å². The molecule has 1 saturated carbocycles. The van der Waals surface area contributed by atoms with E-state index >= 15 is 0 Å². The molecule has 1 aromatic carbocycles. The summed E-state index contributed by atoms with van der Waals surface area (Å²) in [5.74, 6) is 0.623. The zero-order valence-corrected chi connectivity index (χ0v) is 12.0. The summed E-state index contributed by atoms with van der Waals surface area (Å²) >= 11 is 6.00. The van der Waals surface area contributed by atoms with E-state index in [0.717, 1.165) is 25.7 Å². The molecule has 3 nitrogen and oxygen atoms in total. The molecular formula is C13H18ClNO2S. The van der Waals surface area contributed by atoms with Crippen molar-refractivity contribution in [2.75, 3.05) is 5.73 Å². The summed E-state index contributed by atoms with van der Waals surface area (Å²) in [5.41, 5.74) is 6.07. The van der Waals surface area contributed by atoms with E-state index in [9.17, 15) is 8.42 Å². The van der Waals surface area contributed by atoms with Gasteiger partial charge in [0.25, 0.3) is 0 Å². The maximum Gasteiger partial charge on any atom is 0.182 e. The van der Waals surface area contributed by atoms with Gasteiger partial charge in [0.1, 0.15) is 0 Å². The molecule has 0 saturated heterocycles. The molecule has 1 aromatic rings. The molecule has 0 aromatic heterocycles. The van der Waals surface area contributed by atoms with E-state index in [2.05, 4.69) is 6.92 Å². The highest BCUT2D eigenvalue weighted by atomic mass is 35.5. The molecule has 18 heavy (non-hydrogen) atoms. The van der Waals surface area contributed by atoms with E-state index in [1.54, 1.807) is 6.07 Å². The zero-order chi connectivity index (χ0) is 13.3. The third-order valence-corrected chi connectivity index (χ3v) is 6.41. The van der Waals surface area contributed by atoms with E-state index in [-0.39, 0.29) is 15.2 Å². The van der Waals surface area contributed by atoms with E-state index in [1.807, 2.05) is 0 Å². The lowest BCUT2D eigenvalue weighted by Crippen LogP contribution is -2.26. The predicted octanol–water partition coefficient (Wildman–Crippen LogP) is 3.27. The first-order valence-corrected chi connectivity index (χ1v) is 8.12. The lowest BCUT2D eigenvalue weighted by molar-refractivity contribution is 0.382. The fourth-order valence-electron chi connectivity index (χ4n) is 2.47. The average Bonchev–Trinajstić information content (AvgIpc) is 2.29. The molecule has 100 valence electrons. The van der Waals surface area contributed by atoms with Gasteiger partial charge < -0.3 is 5.73 Å². The van der Waals surface area contributed by atoms with E-state index in [0.29, 0.717) is 11.6 Å². The van der Waals surface area contributed by atoms with Gasteiger partial charge in [-0.25, -0.2) is 8.42 Å².